The van der Waals surface area contributed by atoms with E-state index in [1.165, 1.54) is 4.90 Å². The van der Waals surface area contributed by atoms with Crippen molar-refractivity contribution in [2.24, 2.45) is 0 Å². The maximum absolute atomic E-state index is 11.2. The van der Waals surface area contributed by atoms with E-state index in [9.17, 15) is 14.7 Å². The predicted octanol–water partition coefficient (Wildman–Crippen LogP) is 3.19. The Morgan fingerprint density at radius 1 is 1.40 bits per heavy atom. The van der Waals surface area contributed by atoms with Crippen molar-refractivity contribution >= 4 is 20.7 Å². The van der Waals surface area contributed by atoms with Crippen molar-refractivity contribution in [1.82, 2.24) is 14.7 Å². The minimum atomic E-state index is -1.95. The minimum absolute atomic E-state index is 0.0913. The first-order valence-corrected chi connectivity index (χ1v) is 11.5. The molecule has 7 nitrogen and oxygen atoms in total. The Morgan fingerprint density at radius 3 is 2.44 bits per heavy atom. The van der Waals surface area contributed by atoms with Crippen LogP contribution in [0.3, 0.4) is 0 Å². The summed E-state index contributed by atoms with van der Waals surface area (Å²) in [7, 11) is -1.95. The molecule has 1 aliphatic rings. The van der Waals surface area contributed by atoms with Gasteiger partial charge in [0.2, 0.25) is 0 Å². The van der Waals surface area contributed by atoms with Crippen LogP contribution in [-0.2, 0) is 9.96 Å². The van der Waals surface area contributed by atoms with Gasteiger partial charge in [-0.2, -0.15) is 5.10 Å². The largest absolute Gasteiger partial charge is 0.465 e. The first kappa shape index (κ1) is 19.6. The number of hydrogen-bond acceptors (Lipinski definition) is 4. The van der Waals surface area contributed by atoms with Gasteiger partial charge in [-0.15, -0.1) is 0 Å². The van der Waals surface area contributed by atoms with Crippen LogP contribution in [0.2, 0.25) is 18.1 Å². The van der Waals surface area contributed by atoms with E-state index >= 15 is 0 Å². The highest BCUT2D eigenvalue weighted by molar-refractivity contribution is 6.74. The molecule has 140 valence electrons. The molecule has 1 N–H and O–H groups in total. The normalized spacial score (nSPS) is 18.2. The summed E-state index contributed by atoms with van der Waals surface area (Å²) in [5.41, 5.74) is 0.107. The van der Waals surface area contributed by atoms with Crippen LogP contribution in [0.25, 0.3) is 0 Å². The Labute approximate surface area is 150 Å². The van der Waals surface area contributed by atoms with Crippen LogP contribution in [-0.4, -0.2) is 60.2 Å². The number of carbonyl (C=O) groups is 2. The number of carbonyl (C=O) groups excluding carboxylic acids is 1. The third-order valence-electron chi connectivity index (χ3n) is 5.70. The van der Waals surface area contributed by atoms with E-state index in [-0.39, 0.29) is 5.04 Å². The fourth-order valence-corrected chi connectivity index (χ4v) is 3.80. The predicted molar refractivity (Wildman–Crippen MR) is 97.6 cm³/mol. The molecule has 0 atom stereocenters. The van der Waals surface area contributed by atoms with E-state index in [0.29, 0.717) is 38.1 Å². The van der Waals surface area contributed by atoms with Gasteiger partial charge in [-0.3, -0.25) is 9.48 Å². The molecular formula is C17H29N3O4Si. The molecule has 0 aliphatic carbocycles. The molecule has 2 rings (SSSR count). The van der Waals surface area contributed by atoms with Crippen molar-refractivity contribution in [3.8, 4) is 0 Å². The number of piperidine rings is 1. The van der Waals surface area contributed by atoms with Gasteiger partial charge in [0.05, 0.1) is 23.9 Å². The molecule has 1 aromatic heterocycles. The third kappa shape index (κ3) is 4.12. The molecule has 0 saturated carbocycles. The molecule has 0 aromatic carbocycles. The van der Waals surface area contributed by atoms with Crippen molar-refractivity contribution in [1.29, 1.82) is 0 Å². The van der Waals surface area contributed by atoms with Crippen molar-refractivity contribution < 1.29 is 19.1 Å². The monoisotopic (exact) mass is 367 g/mol. The number of aromatic nitrogens is 2. The SMILES string of the molecule is CC(C)(C)[Si](C)(C)OCC1(n2cc(C=O)cn2)CCN(C(=O)O)CC1. The number of rotatable bonds is 5. The first-order chi connectivity index (χ1) is 11.5. The van der Waals surface area contributed by atoms with Crippen molar-refractivity contribution in [3.05, 3.63) is 18.0 Å². The van der Waals surface area contributed by atoms with Gasteiger partial charge >= 0.3 is 6.09 Å². The van der Waals surface area contributed by atoms with Crippen molar-refractivity contribution in [2.75, 3.05) is 19.7 Å². The average Bonchev–Trinajstić information content (AvgIpc) is 3.02. The minimum Gasteiger partial charge on any atom is -0.465 e. The number of likely N-dealkylation sites (tertiary alicyclic amines) is 1. The zero-order chi connectivity index (χ0) is 18.9. The Hall–Kier alpha value is -1.67. The highest BCUT2D eigenvalue weighted by atomic mass is 28.4. The van der Waals surface area contributed by atoms with Crippen LogP contribution in [0, 0.1) is 0 Å². The second-order valence-corrected chi connectivity index (χ2v) is 13.2. The van der Waals surface area contributed by atoms with E-state index in [1.54, 1.807) is 12.4 Å². The molecule has 0 bridgehead atoms. The van der Waals surface area contributed by atoms with E-state index < -0.39 is 19.9 Å². The molecule has 0 spiro atoms. The van der Waals surface area contributed by atoms with Crippen LogP contribution in [0.4, 0.5) is 4.79 Å². The second kappa shape index (κ2) is 6.91. The summed E-state index contributed by atoms with van der Waals surface area (Å²) in [5.74, 6) is 0. The highest BCUT2D eigenvalue weighted by Gasteiger charge is 2.43. The lowest BCUT2D eigenvalue weighted by Gasteiger charge is -2.44. The van der Waals surface area contributed by atoms with Crippen LogP contribution in [0.1, 0.15) is 44.0 Å². The Bertz CT molecular complexity index is 628. The first-order valence-electron chi connectivity index (χ1n) is 8.63. The lowest BCUT2D eigenvalue weighted by atomic mass is 9.88. The van der Waals surface area contributed by atoms with E-state index in [4.69, 9.17) is 4.43 Å². The van der Waals surface area contributed by atoms with E-state index in [0.717, 1.165) is 6.29 Å². The zero-order valence-corrected chi connectivity index (χ0v) is 16.8. The van der Waals surface area contributed by atoms with Gasteiger partial charge in [-0.05, 0) is 31.0 Å². The number of hydrogen-bond donors (Lipinski definition) is 1. The lowest BCUT2D eigenvalue weighted by Crippen LogP contribution is -2.53. The fraction of sp³-hybridized carbons (Fsp3) is 0.706. The second-order valence-electron chi connectivity index (χ2n) is 8.38. The third-order valence-corrected chi connectivity index (χ3v) is 10.2. The maximum Gasteiger partial charge on any atom is 0.407 e. The van der Waals surface area contributed by atoms with Gasteiger partial charge in [-0.1, -0.05) is 20.8 Å². The number of carboxylic acid groups (broad SMARTS) is 1. The van der Waals surface area contributed by atoms with Gasteiger partial charge < -0.3 is 14.4 Å². The summed E-state index contributed by atoms with van der Waals surface area (Å²) in [4.78, 5) is 23.7. The summed E-state index contributed by atoms with van der Waals surface area (Å²) >= 11 is 0. The van der Waals surface area contributed by atoms with Gasteiger partial charge in [-0.25, -0.2) is 4.79 Å². The Kier molecular flexibility index (Phi) is 5.43. The molecular weight excluding hydrogens is 338 g/mol. The molecule has 0 radical (unpaired) electrons. The molecule has 0 unspecified atom stereocenters. The molecule has 1 saturated heterocycles. The highest BCUT2D eigenvalue weighted by Crippen LogP contribution is 2.39. The molecule has 1 amide bonds. The maximum atomic E-state index is 11.2. The van der Waals surface area contributed by atoms with Crippen LogP contribution >= 0.6 is 0 Å². The number of nitrogens with zero attached hydrogens (tertiary/aromatic N) is 3. The summed E-state index contributed by atoms with van der Waals surface area (Å²) in [6, 6.07) is 0. The fourth-order valence-electron chi connectivity index (χ4n) is 2.74. The molecule has 2 heterocycles. The number of aldehydes is 1. The standard InChI is InChI=1S/C17H29N3O4Si/c1-16(2,3)25(4,5)24-13-17(20-11-14(12-21)10-18-20)6-8-19(9-7-17)15(22)23/h10-12H,6-9,13H2,1-5H3,(H,22,23). The Morgan fingerprint density at radius 2 is 2.00 bits per heavy atom. The quantitative estimate of drug-likeness (QED) is 0.638. The summed E-state index contributed by atoms with van der Waals surface area (Å²) < 4.78 is 8.26. The van der Waals surface area contributed by atoms with Crippen LogP contribution in [0.5, 0.6) is 0 Å². The van der Waals surface area contributed by atoms with Gasteiger partial charge in [0.25, 0.3) is 0 Å². The lowest BCUT2D eigenvalue weighted by molar-refractivity contribution is 0.0475. The molecule has 25 heavy (non-hydrogen) atoms. The average molecular weight is 368 g/mol. The summed E-state index contributed by atoms with van der Waals surface area (Å²) in [6.07, 6.45) is 4.40. The topological polar surface area (TPSA) is 84.7 Å². The van der Waals surface area contributed by atoms with Crippen molar-refractivity contribution in [3.63, 3.8) is 0 Å². The molecule has 1 aliphatic heterocycles. The molecule has 8 heteroatoms. The van der Waals surface area contributed by atoms with Gasteiger partial charge in [0, 0.05) is 19.3 Å². The van der Waals surface area contributed by atoms with Crippen molar-refractivity contribution in [2.45, 2.75) is 57.3 Å². The number of amides is 1. The summed E-state index contributed by atoms with van der Waals surface area (Å²) in [6.45, 7) is 12.3. The zero-order valence-electron chi connectivity index (χ0n) is 15.8. The van der Waals surface area contributed by atoms with Gasteiger partial charge in [0.1, 0.15) is 0 Å². The molecule has 1 aromatic rings. The van der Waals surface area contributed by atoms with E-state index in [1.807, 2.05) is 4.68 Å². The van der Waals surface area contributed by atoms with Crippen LogP contribution < -0.4 is 0 Å². The Balaban J connectivity index is 2.24. The van der Waals surface area contributed by atoms with Gasteiger partial charge in [0.15, 0.2) is 14.6 Å². The van der Waals surface area contributed by atoms with E-state index in [2.05, 4.69) is 39.0 Å². The summed E-state index contributed by atoms with van der Waals surface area (Å²) in [5, 5.41) is 13.7. The smallest absolute Gasteiger partial charge is 0.407 e. The van der Waals surface area contributed by atoms with Crippen LogP contribution in [0.15, 0.2) is 12.4 Å². The molecule has 1 fully saturated rings.